The quantitative estimate of drug-likeness (QED) is 0.103. The van der Waals surface area contributed by atoms with Crippen molar-refractivity contribution < 1.29 is 38.3 Å². The van der Waals surface area contributed by atoms with Gasteiger partial charge in [0.15, 0.2) is 0 Å². The van der Waals surface area contributed by atoms with E-state index in [1.807, 2.05) is 0 Å². The molecule has 6 N–H and O–H groups in total. The van der Waals surface area contributed by atoms with Crippen molar-refractivity contribution >= 4 is 38.4 Å². The van der Waals surface area contributed by atoms with E-state index in [2.05, 4.69) is 10.6 Å². The number of unbranched alkanes of at least 4 members (excludes halogenated alkanes) is 6. The average Bonchev–Trinajstić information content (AvgIpc) is 2.86. The van der Waals surface area contributed by atoms with E-state index in [1.165, 1.54) is 0 Å². The molecule has 0 aliphatic heterocycles. The molecule has 2 amide bonds. The van der Waals surface area contributed by atoms with Gasteiger partial charge in [-0.2, -0.15) is 0 Å². The minimum atomic E-state index is -4.02. The standard InChI is InChI=1S/C27H40N2O8P2/c30-26(28-24-14-10-22(11-15-24)18-20-38(32,33)34)8-6-4-2-1-3-5-7-9-27(31)29-25-16-12-23(13-17-25)19-21-39(35,36)37/h10-17H,1-9,18-21H2,(H,28,30)(H,29,31)(H2,32,33,34)(H2,35,36,37). The Bertz CT molecular complexity index is 1040. The zero-order valence-electron chi connectivity index (χ0n) is 22.1. The van der Waals surface area contributed by atoms with Crippen LogP contribution in [-0.4, -0.2) is 43.7 Å². The highest BCUT2D eigenvalue weighted by molar-refractivity contribution is 7.52. The molecule has 0 radical (unpaired) electrons. The summed E-state index contributed by atoms with van der Waals surface area (Å²) in [6, 6.07) is 14.0. The predicted molar refractivity (Wildman–Crippen MR) is 153 cm³/mol. The number of hydrogen-bond acceptors (Lipinski definition) is 4. The summed E-state index contributed by atoms with van der Waals surface area (Å²) in [4.78, 5) is 60.1. The fraction of sp³-hybridized carbons (Fsp3) is 0.481. The molecule has 2 aromatic carbocycles. The van der Waals surface area contributed by atoms with Gasteiger partial charge in [0.2, 0.25) is 11.8 Å². The minimum absolute atomic E-state index is 0.0558. The smallest absolute Gasteiger partial charge is 0.325 e. The van der Waals surface area contributed by atoms with Gasteiger partial charge < -0.3 is 30.2 Å². The number of nitrogens with one attached hydrogen (secondary N) is 2. The lowest BCUT2D eigenvalue weighted by Crippen LogP contribution is -2.11. The van der Waals surface area contributed by atoms with Crippen molar-refractivity contribution in [3.63, 3.8) is 0 Å². The van der Waals surface area contributed by atoms with Crippen LogP contribution in [0.3, 0.4) is 0 Å². The van der Waals surface area contributed by atoms with Crippen LogP contribution >= 0.6 is 15.2 Å². The van der Waals surface area contributed by atoms with Gasteiger partial charge in [-0.3, -0.25) is 18.7 Å². The van der Waals surface area contributed by atoms with Gasteiger partial charge in [0, 0.05) is 24.2 Å². The molecule has 0 atom stereocenters. The van der Waals surface area contributed by atoms with Crippen LogP contribution in [0, 0.1) is 0 Å². The van der Waals surface area contributed by atoms with E-state index < -0.39 is 15.2 Å². The maximum absolute atomic E-state index is 12.1. The van der Waals surface area contributed by atoms with Crippen LogP contribution in [-0.2, 0) is 31.6 Å². The molecule has 0 aliphatic carbocycles. The third-order valence-corrected chi connectivity index (χ3v) is 7.78. The SMILES string of the molecule is O=C(CCCCCCCCCC(=O)Nc1ccc(CCP(=O)(O)O)cc1)Nc1ccc(CCP(=O)(O)O)cc1. The van der Waals surface area contributed by atoms with E-state index in [0.29, 0.717) is 24.2 Å². The van der Waals surface area contributed by atoms with Crippen LogP contribution in [0.4, 0.5) is 11.4 Å². The highest BCUT2D eigenvalue weighted by atomic mass is 31.2. The van der Waals surface area contributed by atoms with E-state index >= 15 is 0 Å². The molecule has 12 heteroatoms. The monoisotopic (exact) mass is 582 g/mol. The zero-order chi connectivity index (χ0) is 28.7. The van der Waals surface area contributed by atoms with Gasteiger partial charge in [-0.1, -0.05) is 56.4 Å². The molecule has 0 unspecified atom stereocenters. The van der Waals surface area contributed by atoms with Crippen molar-refractivity contribution in [2.24, 2.45) is 0 Å². The van der Waals surface area contributed by atoms with Gasteiger partial charge in [-0.15, -0.1) is 0 Å². The molecule has 0 saturated heterocycles. The molecule has 2 aromatic rings. The van der Waals surface area contributed by atoms with Crippen LogP contribution < -0.4 is 10.6 Å². The number of carbonyl (C=O) groups is 2. The van der Waals surface area contributed by atoms with Crippen LogP contribution in [0.1, 0.15) is 68.9 Å². The van der Waals surface area contributed by atoms with Crippen LogP contribution in [0.2, 0.25) is 0 Å². The first-order chi connectivity index (χ1) is 18.4. The normalized spacial score (nSPS) is 11.8. The Morgan fingerprint density at radius 2 is 0.846 bits per heavy atom. The largest absolute Gasteiger partial charge is 0.326 e. The Kier molecular flexibility index (Phi) is 14.1. The van der Waals surface area contributed by atoms with Crippen LogP contribution in [0.15, 0.2) is 48.5 Å². The Morgan fingerprint density at radius 1 is 0.538 bits per heavy atom. The van der Waals surface area contributed by atoms with Gasteiger partial charge in [-0.25, -0.2) is 0 Å². The van der Waals surface area contributed by atoms with E-state index in [9.17, 15) is 18.7 Å². The Labute approximate surface area is 229 Å². The second-order valence-electron chi connectivity index (χ2n) is 9.74. The van der Waals surface area contributed by atoms with E-state index in [4.69, 9.17) is 19.6 Å². The molecule has 0 spiro atoms. The third kappa shape index (κ3) is 16.4. The number of hydrogen-bond donors (Lipinski definition) is 6. The zero-order valence-corrected chi connectivity index (χ0v) is 23.9. The molecule has 216 valence electrons. The molecule has 10 nitrogen and oxygen atoms in total. The predicted octanol–water partition coefficient (Wildman–Crippen LogP) is 5.22. The third-order valence-electron chi connectivity index (χ3n) is 6.17. The fourth-order valence-corrected chi connectivity index (χ4v) is 5.06. The minimum Gasteiger partial charge on any atom is -0.326 e. The average molecular weight is 583 g/mol. The molecular weight excluding hydrogens is 542 g/mol. The van der Waals surface area contributed by atoms with E-state index in [-0.39, 0.29) is 37.0 Å². The highest BCUT2D eigenvalue weighted by Gasteiger charge is 2.13. The summed E-state index contributed by atoms with van der Waals surface area (Å²) >= 11 is 0. The maximum atomic E-state index is 12.1. The lowest BCUT2D eigenvalue weighted by atomic mass is 10.1. The summed E-state index contributed by atoms with van der Waals surface area (Å²) in [7, 11) is -8.03. The van der Waals surface area contributed by atoms with Gasteiger partial charge in [0.05, 0.1) is 12.3 Å². The van der Waals surface area contributed by atoms with Crippen LogP contribution in [0.25, 0.3) is 0 Å². The summed E-state index contributed by atoms with van der Waals surface area (Å²) in [5.74, 6) is -0.112. The molecule has 0 aliphatic rings. The molecule has 2 rings (SSSR count). The van der Waals surface area contributed by atoms with E-state index in [1.54, 1.807) is 48.5 Å². The first-order valence-corrected chi connectivity index (χ1v) is 16.9. The Hall–Kier alpha value is -2.32. The molecule has 0 heterocycles. The lowest BCUT2D eigenvalue weighted by Gasteiger charge is -2.08. The van der Waals surface area contributed by atoms with Gasteiger partial charge in [-0.05, 0) is 61.1 Å². The van der Waals surface area contributed by atoms with Crippen molar-refractivity contribution in [2.45, 2.75) is 70.6 Å². The number of rotatable bonds is 18. The van der Waals surface area contributed by atoms with Crippen molar-refractivity contribution in [1.82, 2.24) is 0 Å². The second-order valence-corrected chi connectivity index (χ2v) is 13.3. The summed E-state index contributed by atoms with van der Waals surface area (Å²) in [6.07, 6.45) is 7.67. The maximum Gasteiger partial charge on any atom is 0.325 e. The van der Waals surface area contributed by atoms with Gasteiger partial charge in [0.25, 0.3) is 0 Å². The Morgan fingerprint density at radius 3 is 1.15 bits per heavy atom. The number of carbonyl (C=O) groups excluding carboxylic acids is 2. The number of benzene rings is 2. The van der Waals surface area contributed by atoms with Crippen molar-refractivity contribution in [2.75, 3.05) is 23.0 Å². The molecular formula is C27H40N2O8P2. The summed E-state index contributed by atoms with van der Waals surface area (Å²) in [5, 5.41) is 5.69. The summed E-state index contributed by atoms with van der Waals surface area (Å²) < 4.78 is 21.9. The number of aryl methyl sites for hydroxylation is 2. The van der Waals surface area contributed by atoms with Crippen molar-refractivity contribution in [3.8, 4) is 0 Å². The van der Waals surface area contributed by atoms with Gasteiger partial charge in [0.1, 0.15) is 0 Å². The van der Waals surface area contributed by atoms with E-state index in [0.717, 1.165) is 56.1 Å². The first-order valence-electron chi connectivity index (χ1n) is 13.3. The fourth-order valence-electron chi connectivity index (χ4n) is 3.96. The molecule has 0 fully saturated rings. The highest BCUT2D eigenvalue weighted by Crippen LogP contribution is 2.35. The summed E-state index contributed by atoms with van der Waals surface area (Å²) in [5.41, 5.74) is 2.95. The topological polar surface area (TPSA) is 173 Å². The molecule has 0 saturated carbocycles. The Balaban J connectivity index is 1.48. The molecule has 0 aromatic heterocycles. The van der Waals surface area contributed by atoms with Crippen molar-refractivity contribution in [3.05, 3.63) is 59.7 Å². The van der Waals surface area contributed by atoms with Crippen molar-refractivity contribution in [1.29, 1.82) is 0 Å². The second kappa shape index (κ2) is 16.7. The van der Waals surface area contributed by atoms with Gasteiger partial charge >= 0.3 is 15.2 Å². The number of anilines is 2. The summed E-state index contributed by atoms with van der Waals surface area (Å²) in [6.45, 7) is 0. The number of amides is 2. The lowest BCUT2D eigenvalue weighted by molar-refractivity contribution is -0.117. The first kappa shape index (κ1) is 32.9. The molecule has 39 heavy (non-hydrogen) atoms. The van der Waals surface area contributed by atoms with Crippen LogP contribution in [0.5, 0.6) is 0 Å². The molecule has 0 bridgehead atoms.